The van der Waals surface area contributed by atoms with Gasteiger partial charge in [0.05, 0.1) is 26.5 Å². The molecule has 3 aromatic rings. The van der Waals surface area contributed by atoms with Crippen LogP contribution in [0.4, 0.5) is 5.69 Å². The van der Waals surface area contributed by atoms with Gasteiger partial charge in [-0.3, -0.25) is 9.59 Å². The molecule has 0 unspecified atom stereocenters. The highest BCUT2D eigenvalue weighted by atomic mass is 16.5. The number of ether oxygens (including phenoxy) is 3. The van der Waals surface area contributed by atoms with Crippen molar-refractivity contribution in [3.05, 3.63) is 83.9 Å². The largest absolute Gasteiger partial charge is 0.497 e. The highest BCUT2D eigenvalue weighted by molar-refractivity contribution is 6.08. The molecule has 0 fully saturated rings. The number of nitrogens with one attached hydrogen (secondary N) is 1. The van der Waals surface area contributed by atoms with Crippen molar-refractivity contribution in [1.82, 2.24) is 5.32 Å². The molecule has 0 aromatic heterocycles. The lowest BCUT2D eigenvalue weighted by molar-refractivity contribution is -0.127. The van der Waals surface area contributed by atoms with E-state index in [4.69, 9.17) is 14.2 Å². The highest BCUT2D eigenvalue weighted by Crippen LogP contribution is 2.35. The number of methoxy groups -OCH3 is 2. The Labute approximate surface area is 192 Å². The van der Waals surface area contributed by atoms with Crippen LogP contribution >= 0.6 is 0 Å². The normalized spacial score (nSPS) is 14.6. The van der Waals surface area contributed by atoms with E-state index in [1.165, 1.54) is 14.2 Å². The standard InChI is InChI=1S/C26H26N2O5/c1-31-20-14-19(15-21(16-20)32-2)26(30)28-17-24(33-23-11-7-6-10-22(23)28)25(29)27-13-12-18-8-4-3-5-9-18/h3-11,14-16,24H,12-13,17H2,1-2H3,(H,27,29)/t24-/m0/s1. The Bertz CT molecular complexity index is 1110. The molecule has 1 atom stereocenters. The Morgan fingerprint density at radius 3 is 2.33 bits per heavy atom. The van der Waals surface area contributed by atoms with E-state index in [-0.39, 0.29) is 18.4 Å². The molecule has 7 nitrogen and oxygen atoms in total. The minimum Gasteiger partial charge on any atom is -0.497 e. The van der Waals surface area contributed by atoms with Gasteiger partial charge in [0, 0.05) is 18.2 Å². The molecule has 0 radical (unpaired) electrons. The van der Waals surface area contributed by atoms with Crippen LogP contribution in [0.25, 0.3) is 0 Å². The molecule has 0 spiro atoms. The number of hydrogen-bond donors (Lipinski definition) is 1. The Balaban J connectivity index is 1.53. The van der Waals surface area contributed by atoms with Gasteiger partial charge in [-0.05, 0) is 36.2 Å². The number of amides is 2. The minimum absolute atomic E-state index is 0.0898. The lowest BCUT2D eigenvalue weighted by atomic mass is 10.1. The first-order valence-electron chi connectivity index (χ1n) is 10.7. The van der Waals surface area contributed by atoms with E-state index in [1.54, 1.807) is 35.2 Å². The maximum atomic E-state index is 13.5. The van der Waals surface area contributed by atoms with Crippen LogP contribution in [0.15, 0.2) is 72.8 Å². The number of nitrogens with zero attached hydrogens (tertiary/aromatic N) is 1. The van der Waals surface area contributed by atoms with Gasteiger partial charge in [-0.25, -0.2) is 0 Å². The number of anilines is 1. The summed E-state index contributed by atoms with van der Waals surface area (Å²) in [5.41, 5.74) is 2.14. The molecule has 4 rings (SSSR count). The molecular formula is C26H26N2O5. The number of rotatable bonds is 7. The first kappa shape index (κ1) is 22.2. The maximum absolute atomic E-state index is 13.5. The van der Waals surface area contributed by atoms with Gasteiger partial charge in [0.2, 0.25) is 0 Å². The summed E-state index contributed by atoms with van der Waals surface area (Å²) in [6.45, 7) is 0.567. The molecule has 1 aliphatic rings. The summed E-state index contributed by atoms with van der Waals surface area (Å²) in [5.74, 6) is 0.963. The molecule has 1 N–H and O–H groups in total. The van der Waals surface area contributed by atoms with E-state index in [0.717, 1.165) is 5.56 Å². The lowest BCUT2D eigenvalue weighted by Gasteiger charge is -2.34. The van der Waals surface area contributed by atoms with E-state index in [0.29, 0.717) is 41.5 Å². The van der Waals surface area contributed by atoms with E-state index in [2.05, 4.69) is 5.32 Å². The third-order valence-corrected chi connectivity index (χ3v) is 5.47. The number of fused-ring (bicyclic) bond motifs is 1. The summed E-state index contributed by atoms with van der Waals surface area (Å²) < 4.78 is 16.6. The van der Waals surface area contributed by atoms with Gasteiger partial charge in [-0.15, -0.1) is 0 Å². The number of hydrogen-bond acceptors (Lipinski definition) is 5. The molecule has 1 heterocycles. The molecule has 170 valence electrons. The molecule has 0 saturated carbocycles. The van der Waals surface area contributed by atoms with E-state index >= 15 is 0 Å². The second-order valence-electron chi connectivity index (χ2n) is 7.62. The number of carbonyl (C=O) groups is 2. The summed E-state index contributed by atoms with van der Waals surface area (Å²) in [4.78, 5) is 27.9. The quantitative estimate of drug-likeness (QED) is 0.601. The second-order valence-corrected chi connectivity index (χ2v) is 7.62. The second kappa shape index (κ2) is 10.1. The molecule has 2 amide bonds. The molecule has 33 heavy (non-hydrogen) atoms. The van der Waals surface area contributed by atoms with Gasteiger partial charge in [0.25, 0.3) is 11.8 Å². The van der Waals surface area contributed by atoms with Crippen molar-refractivity contribution in [3.8, 4) is 17.2 Å². The van der Waals surface area contributed by atoms with Crippen molar-refractivity contribution in [2.75, 3.05) is 32.2 Å². The molecule has 0 aliphatic carbocycles. The van der Waals surface area contributed by atoms with E-state index in [9.17, 15) is 9.59 Å². The SMILES string of the molecule is COc1cc(OC)cc(C(=O)N2C[C@@H](C(=O)NCCc3ccccc3)Oc3ccccc32)c1. The van der Waals surface area contributed by atoms with Crippen LogP contribution in [0, 0.1) is 0 Å². The van der Waals surface area contributed by atoms with Crippen molar-refractivity contribution in [1.29, 1.82) is 0 Å². The van der Waals surface area contributed by atoms with E-state index in [1.807, 2.05) is 42.5 Å². The van der Waals surface area contributed by atoms with Crippen LogP contribution in [-0.2, 0) is 11.2 Å². The monoisotopic (exact) mass is 446 g/mol. The van der Waals surface area contributed by atoms with Crippen molar-refractivity contribution < 1.29 is 23.8 Å². The predicted octanol–water partition coefficient (Wildman–Crippen LogP) is 3.47. The van der Waals surface area contributed by atoms with Crippen LogP contribution in [0.3, 0.4) is 0 Å². The van der Waals surface area contributed by atoms with Crippen molar-refractivity contribution in [2.45, 2.75) is 12.5 Å². The van der Waals surface area contributed by atoms with Gasteiger partial charge in [-0.2, -0.15) is 0 Å². The zero-order valence-corrected chi connectivity index (χ0v) is 18.6. The van der Waals surface area contributed by atoms with Crippen LogP contribution in [0.2, 0.25) is 0 Å². The van der Waals surface area contributed by atoms with Crippen molar-refractivity contribution >= 4 is 17.5 Å². The minimum atomic E-state index is -0.827. The average molecular weight is 447 g/mol. The fraction of sp³-hybridized carbons (Fsp3) is 0.231. The summed E-state index contributed by atoms with van der Waals surface area (Å²) in [6.07, 6.45) is -0.116. The topological polar surface area (TPSA) is 77.1 Å². The van der Waals surface area contributed by atoms with E-state index < -0.39 is 6.10 Å². The number of carbonyl (C=O) groups excluding carboxylic acids is 2. The Morgan fingerprint density at radius 1 is 0.970 bits per heavy atom. The summed E-state index contributed by atoms with van der Waals surface area (Å²) in [5, 5.41) is 2.93. The third-order valence-electron chi connectivity index (χ3n) is 5.47. The van der Waals surface area contributed by atoms with Crippen LogP contribution in [-0.4, -0.2) is 45.2 Å². The number of para-hydroxylation sites is 2. The summed E-state index contributed by atoms with van der Waals surface area (Å²) >= 11 is 0. The molecule has 7 heteroatoms. The molecule has 3 aromatic carbocycles. The molecule has 0 saturated heterocycles. The van der Waals surface area contributed by atoms with Crippen LogP contribution < -0.4 is 24.4 Å². The van der Waals surface area contributed by atoms with Gasteiger partial charge in [0.1, 0.15) is 17.2 Å². The fourth-order valence-corrected chi connectivity index (χ4v) is 3.74. The zero-order valence-electron chi connectivity index (χ0n) is 18.6. The van der Waals surface area contributed by atoms with Gasteiger partial charge >= 0.3 is 0 Å². The summed E-state index contributed by atoms with van der Waals surface area (Å²) in [6, 6.07) is 22.1. The van der Waals surface area contributed by atoms with Crippen molar-refractivity contribution in [3.63, 3.8) is 0 Å². The molecule has 0 bridgehead atoms. The van der Waals surface area contributed by atoms with Crippen LogP contribution in [0.5, 0.6) is 17.2 Å². The lowest BCUT2D eigenvalue weighted by Crippen LogP contribution is -2.51. The third kappa shape index (κ3) is 5.09. The fourth-order valence-electron chi connectivity index (χ4n) is 3.74. The number of benzene rings is 3. The average Bonchev–Trinajstić information content (AvgIpc) is 2.87. The molecule has 1 aliphatic heterocycles. The van der Waals surface area contributed by atoms with Gasteiger partial charge < -0.3 is 24.4 Å². The maximum Gasteiger partial charge on any atom is 0.262 e. The predicted molar refractivity (Wildman–Crippen MR) is 125 cm³/mol. The highest BCUT2D eigenvalue weighted by Gasteiger charge is 2.34. The first-order chi connectivity index (χ1) is 16.1. The smallest absolute Gasteiger partial charge is 0.262 e. The Morgan fingerprint density at radius 2 is 1.64 bits per heavy atom. The summed E-state index contributed by atoms with van der Waals surface area (Å²) in [7, 11) is 3.06. The van der Waals surface area contributed by atoms with Crippen LogP contribution in [0.1, 0.15) is 15.9 Å². The van der Waals surface area contributed by atoms with Crippen molar-refractivity contribution in [2.24, 2.45) is 0 Å². The molecular weight excluding hydrogens is 420 g/mol. The Hall–Kier alpha value is -4.00. The Kier molecular flexibility index (Phi) is 6.78. The van der Waals surface area contributed by atoms with Gasteiger partial charge in [0.15, 0.2) is 6.10 Å². The zero-order chi connectivity index (χ0) is 23.2. The van der Waals surface area contributed by atoms with Gasteiger partial charge in [-0.1, -0.05) is 42.5 Å². The first-order valence-corrected chi connectivity index (χ1v) is 10.7.